The average molecular weight is 466 g/mol. The van der Waals surface area contributed by atoms with Crippen LogP contribution < -0.4 is 10.2 Å². The number of nitrogens with zero attached hydrogens (tertiary/aromatic N) is 4. The topological polar surface area (TPSA) is 79.7 Å². The molecule has 3 rings (SSSR count). The Morgan fingerprint density at radius 2 is 1.94 bits per heavy atom. The van der Waals surface area contributed by atoms with Crippen LogP contribution in [0.25, 0.3) is 0 Å². The number of anilines is 1. The first kappa shape index (κ1) is 24.7. The van der Waals surface area contributed by atoms with Crippen molar-refractivity contribution in [2.75, 3.05) is 51.7 Å². The second kappa shape index (κ2) is 9.49. The van der Waals surface area contributed by atoms with Gasteiger partial charge in [-0.3, -0.25) is 4.79 Å². The van der Waals surface area contributed by atoms with Crippen molar-refractivity contribution in [3.05, 3.63) is 29.3 Å². The number of benzene rings is 1. The summed E-state index contributed by atoms with van der Waals surface area (Å²) in [5.74, 6) is -0.388. The van der Waals surface area contributed by atoms with Crippen molar-refractivity contribution < 1.29 is 22.8 Å². The molecular weight excluding hydrogens is 435 g/mol. The molecule has 0 saturated carbocycles. The molecule has 0 radical (unpaired) electrons. The number of hydrogen-bond donors (Lipinski definition) is 1. The van der Waals surface area contributed by atoms with E-state index in [1.165, 1.54) is 12.1 Å². The van der Waals surface area contributed by atoms with Gasteiger partial charge in [0, 0.05) is 57.9 Å². The SMILES string of the molecule is CCCNC(=O)N1CC(C(=O)N(C)C)C2(CCN(c3ccc(C#N)c(C(F)(F)F)c3)CC2)C1. The Hall–Kier alpha value is -2.96. The van der Waals surface area contributed by atoms with Crippen molar-refractivity contribution in [3.8, 4) is 6.07 Å². The number of nitriles is 1. The fraction of sp³-hybridized carbons (Fsp3) is 0.609. The van der Waals surface area contributed by atoms with E-state index in [1.807, 2.05) is 11.8 Å². The summed E-state index contributed by atoms with van der Waals surface area (Å²) in [5.41, 5.74) is -1.35. The summed E-state index contributed by atoms with van der Waals surface area (Å²) in [4.78, 5) is 30.7. The zero-order chi connectivity index (χ0) is 24.4. The lowest BCUT2D eigenvalue weighted by Gasteiger charge is -2.43. The minimum Gasteiger partial charge on any atom is -0.371 e. The van der Waals surface area contributed by atoms with Crippen LogP contribution in [0.15, 0.2) is 18.2 Å². The Kier molecular flexibility index (Phi) is 7.10. The van der Waals surface area contributed by atoms with Crippen LogP contribution in [0, 0.1) is 22.7 Å². The van der Waals surface area contributed by atoms with Crippen LogP contribution >= 0.6 is 0 Å². The molecule has 10 heteroatoms. The Morgan fingerprint density at radius 3 is 2.48 bits per heavy atom. The standard InChI is InChI=1S/C23H30F3N5O2/c1-4-9-28-21(33)31-14-19(20(32)29(2)3)22(15-31)7-10-30(11-8-22)17-6-5-16(13-27)18(12-17)23(24,25)26/h5-6,12,19H,4,7-11,14-15H2,1-3H3,(H,28,33). The average Bonchev–Trinajstić information content (AvgIpc) is 3.15. The van der Waals surface area contributed by atoms with Crippen LogP contribution in [-0.2, 0) is 11.0 Å². The second-order valence-corrected chi connectivity index (χ2v) is 9.09. The number of carbonyl (C=O) groups excluding carboxylic acids is 2. The quantitative estimate of drug-likeness (QED) is 0.740. The van der Waals surface area contributed by atoms with E-state index in [-0.39, 0.29) is 17.9 Å². The number of piperidine rings is 1. The first-order valence-corrected chi connectivity index (χ1v) is 11.1. The van der Waals surface area contributed by atoms with Gasteiger partial charge in [0.2, 0.25) is 5.91 Å². The Morgan fingerprint density at radius 1 is 1.27 bits per heavy atom. The van der Waals surface area contributed by atoms with Crippen molar-refractivity contribution >= 4 is 17.6 Å². The minimum atomic E-state index is -4.61. The largest absolute Gasteiger partial charge is 0.417 e. The van der Waals surface area contributed by atoms with Crippen LogP contribution in [0.5, 0.6) is 0 Å². The number of carbonyl (C=O) groups is 2. The molecular formula is C23H30F3N5O2. The Labute approximate surface area is 192 Å². The van der Waals surface area contributed by atoms with Crippen molar-refractivity contribution in [1.29, 1.82) is 5.26 Å². The molecule has 7 nitrogen and oxygen atoms in total. The highest BCUT2D eigenvalue weighted by Gasteiger charge is 2.52. The number of likely N-dealkylation sites (tertiary alicyclic amines) is 1. The number of hydrogen-bond acceptors (Lipinski definition) is 4. The summed E-state index contributed by atoms with van der Waals surface area (Å²) in [5, 5.41) is 11.9. The van der Waals surface area contributed by atoms with E-state index in [1.54, 1.807) is 30.0 Å². The van der Waals surface area contributed by atoms with Gasteiger partial charge < -0.3 is 20.0 Å². The third kappa shape index (κ3) is 5.02. The fourth-order valence-electron chi connectivity index (χ4n) is 4.90. The van der Waals surface area contributed by atoms with Gasteiger partial charge in [0.15, 0.2) is 0 Å². The molecule has 0 aromatic heterocycles. The van der Waals surface area contributed by atoms with Crippen LogP contribution in [0.3, 0.4) is 0 Å². The molecule has 2 saturated heterocycles. The minimum absolute atomic E-state index is 0.0352. The fourth-order valence-corrected chi connectivity index (χ4v) is 4.90. The van der Waals surface area contributed by atoms with Gasteiger partial charge in [-0.25, -0.2) is 4.79 Å². The van der Waals surface area contributed by atoms with Gasteiger partial charge in [-0.15, -0.1) is 0 Å². The predicted molar refractivity (Wildman–Crippen MR) is 117 cm³/mol. The molecule has 0 bridgehead atoms. The van der Waals surface area contributed by atoms with E-state index in [4.69, 9.17) is 5.26 Å². The second-order valence-electron chi connectivity index (χ2n) is 9.09. The lowest BCUT2D eigenvalue weighted by molar-refractivity contribution is -0.138. The zero-order valence-corrected chi connectivity index (χ0v) is 19.2. The third-order valence-electron chi connectivity index (χ3n) is 6.75. The van der Waals surface area contributed by atoms with Crippen LogP contribution in [0.2, 0.25) is 0 Å². The number of amides is 3. The van der Waals surface area contributed by atoms with Gasteiger partial charge >= 0.3 is 12.2 Å². The van der Waals surface area contributed by atoms with E-state index in [9.17, 15) is 22.8 Å². The molecule has 180 valence electrons. The van der Waals surface area contributed by atoms with E-state index in [0.717, 1.165) is 12.5 Å². The molecule has 2 fully saturated rings. The molecule has 33 heavy (non-hydrogen) atoms. The smallest absolute Gasteiger partial charge is 0.371 e. The third-order valence-corrected chi connectivity index (χ3v) is 6.75. The Balaban J connectivity index is 1.81. The molecule has 1 spiro atoms. The van der Waals surface area contributed by atoms with Crippen molar-refractivity contribution in [2.24, 2.45) is 11.3 Å². The molecule has 2 aliphatic rings. The monoisotopic (exact) mass is 465 g/mol. The summed E-state index contributed by atoms with van der Waals surface area (Å²) in [7, 11) is 3.39. The molecule has 1 atom stereocenters. The summed E-state index contributed by atoms with van der Waals surface area (Å²) in [6, 6.07) is 5.19. The number of alkyl halides is 3. The Bertz CT molecular complexity index is 933. The number of rotatable bonds is 4. The lowest BCUT2D eigenvalue weighted by atomic mass is 9.70. The van der Waals surface area contributed by atoms with Crippen LogP contribution in [0.1, 0.15) is 37.3 Å². The highest BCUT2D eigenvalue weighted by Crippen LogP contribution is 2.46. The predicted octanol–water partition coefficient (Wildman–Crippen LogP) is 3.30. The molecule has 2 aliphatic heterocycles. The molecule has 3 amide bonds. The molecule has 1 aromatic rings. The van der Waals surface area contributed by atoms with E-state index in [0.29, 0.717) is 51.3 Å². The van der Waals surface area contributed by atoms with Gasteiger partial charge in [-0.1, -0.05) is 6.92 Å². The van der Waals surface area contributed by atoms with Crippen molar-refractivity contribution in [3.63, 3.8) is 0 Å². The van der Waals surface area contributed by atoms with Gasteiger partial charge in [-0.05, 0) is 37.5 Å². The number of urea groups is 1. The van der Waals surface area contributed by atoms with Gasteiger partial charge in [-0.2, -0.15) is 18.4 Å². The van der Waals surface area contributed by atoms with Gasteiger partial charge in [0.05, 0.1) is 23.1 Å². The highest BCUT2D eigenvalue weighted by atomic mass is 19.4. The van der Waals surface area contributed by atoms with Crippen molar-refractivity contribution in [2.45, 2.75) is 32.4 Å². The zero-order valence-electron chi connectivity index (χ0n) is 19.2. The number of nitrogens with one attached hydrogen (secondary N) is 1. The maximum Gasteiger partial charge on any atom is 0.417 e. The molecule has 1 N–H and O–H groups in total. The first-order valence-electron chi connectivity index (χ1n) is 11.1. The molecule has 2 heterocycles. The van der Waals surface area contributed by atoms with Crippen molar-refractivity contribution in [1.82, 2.24) is 15.1 Å². The lowest BCUT2D eigenvalue weighted by Crippen LogP contribution is -2.48. The van der Waals surface area contributed by atoms with E-state index >= 15 is 0 Å². The molecule has 0 aliphatic carbocycles. The van der Waals surface area contributed by atoms with Crippen LogP contribution in [0.4, 0.5) is 23.7 Å². The van der Waals surface area contributed by atoms with Gasteiger partial charge in [0.1, 0.15) is 0 Å². The summed E-state index contributed by atoms with van der Waals surface area (Å²) < 4.78 is 40.2. The maximum atomic E-state index is 13.4. The summed E-state index contributed by atoms with van der Waals surface area (Å²) >= 11 is 0. The normalized spacial score (nSPS) is 20.0. The molecule has 1 unspecified atom stereocenters. The summed E-state index contributed by atoms with van der Waals surface area (Å²) in [6.45, 7) is 4.23. The van der Waals surface area contributed by atoms with E-state index in [2.05, 4.69) is 5.32 Å². The van der Waals surface area contributed by atoms with Gasteiger partial charge in [0.25, 0.3) is 0 Å². The number of halogens is 3. The first-order chi connectivity index (χ1) is 15.5. The van der Waals surface area contributed by atoms with E-state index < -0.39 is 22.7 Å². The highest BCUT2D eigenvalue weighted by molar-refractivity contribution is 5.82. The van der Waals surface area contributed by atoms with Crippen LogP contribution in [-0.4, -0.2) is 68.6 Å². The summed E-state index contributed by atoms with van der Waals surface area (Å²) in [6.07, 6.45) is -2.64. The molecule has 1 aromatic carbocycles. The maximum absolute atomic E-state index is 13.4.